The molecule has 1 fully saturated rings. The lowest BCUT2D eigenvalue weighted by atomic mass is 10.1. The fourth-order valence-electron chi connectivity index (χ4n) is 3.19. The van der Waals surface area contributed by atoms with E-state index >= 15 is 0 Å². The van der Waals surface area contributed by atoms with E-state index in [1.54, 1.807) is 18.2 Å². The standard InChI is InChI=1S/C20H23ClN2O4S/c1-13-11-23(12-14(2)27-13)28(25,26)17-9-7-16(8-10-17)20(24)22-19-6-4-5-18(21)15(19)3/h4-10,13-14H,11-12H2,1-3H3,(H,22,24). The summed E-state index contributed by atoms with van der Waals surface area (Å²) in [6.45, 7) is 6.14. The number of halogens is 1. The molecule has 6 nitrogen and oxygen atoms in total. The normalized spacial score (nSPS) is 20.7. The summed E-state index contributed by atoms with van der Waals surface area (Å²) in [5.41, 5.74) is 1.75. The van der Waals surface area contributed by atoms with E-state index in [4.69, 9.17) is 16.3 Å². The number of amides is 1. The molecule has 2 atom stereocenters. The monoisotopic (exact) mass is 422 g/mol. The molecule has 0 spiro atoms. The minimum atomic E-state index is -3.64. The Balaban J connectivity index is 1.77. The fraction of sp³-hybridized carbons (Fsp3) is 0.350. The number of ether oxygens (including phenoxy) is 1. The summed E-state index contributed by atoms with van der Waals surface area (Å²) in [5.74, 6) is -0.331. The maximum Gasteiger partial charge on any atom is 0.255 e. The van der Waals surface area contributed by atoms with E-state index in [9.17, 15) is 13.2 Å². The van der Waals surface area contributed by atoms with E-state index in [1.807, 2.05) is 20.8 Å². The van der Waals surface area contributed by atoms with Crippen LogP contribution in [0.1, 0.15) is 29.8 Å². The molecule has 0 bridgehead atoms. The first-order chi connectivity index (χ1) is 13.2. The van der Waals surface area contributed by atoms with Crippen LogP contribution in [0.2, 0.25) is 5.02 Å². The summed E-state index contributed by atoms with van der Waals surface area (Å²) < 4.78 is 32.8. The Morgan fingerprint density at radius 2 is 1.71 bits per heavy atom. The number of carbonyl (C=O) groups is 1. The van der Waals surface area contributed by atoms with Crippen molar-refractivity contribution in [2.24, 2.45) is 0 Å². The number of hydrogen-bond acceptors (Lipinski definition) is 4. The number of rotatable bonds is 4. The topological polar surface area (TPSA) is 75.7 Å². The van der Waals surface area contributed by atoms with Crippen LogP contribution < -0.4 is 5.32 Å². The largest absolute Gasteiger partial charge is 0.373 e. The molecule has 28 heavy (non-hydrogen) atoms. The van der Waals surface area contributed by atoms with Gasteiger partial charge in [-0.25, -0.2) is 8.42 Å². The Bertz CT molecular complexity index is 966. The van der Waals surface area contributed by atoms with Crippen molar-refractivity contribution in [2.45, 2.75) is 37.9 Å². The van der Waals surface area contributed by atoms with Crippen LogP contribution >= 0.6 is 11.6 Å². The van der Waals surface area contributed by atoms with Gasteiger partial charge in [0.05, 0.1) is 17.1 Å². The van der Waals surface area contributed by atoms with Crippen molar-refractivity contribution in [2.75, 3.05) is 18.4 Å². The molecule has 1 N–H and O–H groups in total. The zero-order valence-corrected chi connectivity index (χ0v) is 17.5. The van der Waals surface area contributed by atoms with Crippen LogP contribution in [0.3, 0.4) is 0 Å². The Kier molecular flexibility index (Phi) is 6.09. The minimum Gasteiger partial charge on any atom is -0.373 e. The number of hydrogen-bond donors (Lipinski definition) is 1. The summed E-state index contributed by atoms with van der Waals surface area (Å²) in [7, 11) is -3.64. The Morgan fingerprint density at radius 3 is 2.32 bits per heavy atom. The smallest absolute Gasteiger partial charge is 0.255 e. The molecule has 1 heterocycles. The molecule has 1 saturated heterocycles. The third kappa shape index (κ3) is 4.38. The van der Waals surface area contributed by atoms with Crippen molar-refractivity contribution in [3.05, 3.63) is 58.6 Å². The minimum absolute atomic E-state index is 0.157. The average Bonchev–Trinajstić information content (AvgIpc) is 2.64. The molecule has 1 aliphatic rings. The summed E-state index contributed by atoms with van der Waals surface area (Å²) in [4.78, 5) is 12.7. The van der Waals surface area contributed by atoms with E-state index in [2.05, 4.69) is 5.32 Å². The molecule has 2 aromatic carbocycles. The van der Waals surface area contributed by atoms with Gasteiger partial charge >= 0.3 is 0 Å². The number of morpholine rings is 1. The molecule has 2 unspecified atom stereocenters. The van der Waals surface area contributed by atoms with Gasteiger partial charge in [0.15, 0.2) is 0 Å². The first kappa shape index (κ1) is 20.8. The number of anilines is 1. The van der Waals surface area contributed by atoms with Crippen molar-refractivity contribution in [3.63, 3.8) is 0 Å². The van der Waals surface area contributed by atoms with Crippen LogP contribution in [0.4, 0.5) is 5.69 Å². The summed E-state index contributed by atoms with van der Waals surface area (Å²) in [6.07, 6.45) is -0.325. The SMILES string of the molecule is Cc1c(Cl)cccc1NC(=O)c1ccc(S(=O)(=O)N2CC(C)OC(C)C2)cc1. The third-order valence-electron chi connectivity index (χ3n) is 4.66. The number of nitrogens with one attached hydrogen (secondary N) is 1. The van der Waals surface area contributed by atoms with Crippen LogP contribution in [0.15, 0.2) is 47.4 Å². The van der Waals surface area contributed by atoms with Gasteiger partial charge in [0.2, 0.25) is 10.0 Å². The van der Waals surface area contributed by atoms with E-state index in [0.717, 1.165) is 5.56 Å². The van der Waals surface area contributed by atoms with E-state index in [1.165, 1.54) is 28.6 Å². The van der Waals surface area contributed by atoms with Crippen LogP contribution in [0.5, 0.6) is 0 Å². The maximum atomic E-state index is 12.9. The first-order valence-corrected chi connectivity index (χ1v) is 10.8. The van der Waals surface area contributed by atoms with Gasteiger partial charge in [0, 0.05) is 29.4 Å². The lowest BCUT2D eigenvalue weighted by Crippen LogP contribution is -2.48. The second-order valence-corrected chi connectivity index (χ2v) is 9.32. The molecule has 0 aromatic heterocycles. The van der Waals surface area contributed by atoms with Crippen molar-refractivity contribution < 1.29 is 17.9 Å². The molecular weight excluding hydrogens is 400 g/mol. The summed E-state index contributed by atoms with van der Waals surface area (Å²) in [6, 6.07) is 11.2. The lowest BCUT2D eigenvalue weighted by molar-refractivity contribution is -0.0440. The molecule has 0 saturated carbocycles. The molecule has 3 rings (SSSR count). The zero-order valence-electron chi connectivity index (χ0n) is 16.0. The Labute approximate surface area is 170 Å². The maximum absolute atomic E-state index is 12.9. The highest BCUT2D eigenvalue weighted by Gasteiger charge is 2.32. The highest BCUT2D eigenvalue weighted by molar-refractivity contribution is 7.89. The van der Waals surface area contributed by atoms with Gasteiger partial charge in [-0.3, -0.25) is 4.79 Å². The van der Waals surface area contributed by atoms with Crippen LogP contribution in [0, 0.1) is 6.92 Å². The van der Waals surface area contributed by atoms with E-state index in [0.29, 0.717) is 29.4 Å². The number of benzene rings is 2. The number of nitrogens with zero attached hydrogens (tertiary/aromatic N) is 1. The predicted molar refractivity (Wildman–Crippen MR) is 109 cm³/mol. The van der Waals surface area contributed by atoms with Crippen LogP contribution in [0.25, 0.3) is 0 Å². The lowest BCUT2D eigenvalue weighted by Gasteiger charge is -2.34. The van der Waals surface area contributed by atoms with Crippen molar-refractivity contribution in [1.82, 2.24) is 4.31 Å². The highest BCUT2D eigenvalue weighted by Crippen LogP contribution is 2.24. The number of sulfonamides is 1. The zero-order chi connectivity index (χ0) is 20.5. The Morgan fingerprint density at radius 1 is 1.11 bits per heavy atom. The van der Waals surface area contributed by atoms with Gasteiger partial charge in [-0.15, -0.1) is 0 Å². The molecule has 2 aromatic rings. The second-order valence-electron chi connectivity index (χ2n) is 6.97. The van der Waals surface area contributed by atoms with Gasteiger partial charge in [-0.05, 0) is 62.7 Å². The predicted octanol–water partition coefficient (Wildman–Crippen LogP) is 3.70. The van der Waals surface area contributed by atoms with Gasteiger partial charge in [-0.2, -0.15) is 4.31 Å². The first-order valence-electron chi connectivity index (χ1n) is 9.00. The van der Waals surface area contributed by atoms with E-state index < -0.39 is 10.0 Å². The van der Waals surface area contributed by atoms with Crippen molar-refractivity contribution in [1.29, 1.82) is 0 Å². The van der Waals surface area contributed by atoms with E-state index in [-0.39, 0.29) is 23.0 Å². The molecule has 0 aliphatic carbocycles. The van der Waals surface area contributed by atoms with Crippen LogP contribution in [-0.4, -0.2) is 43.9 Å². The van der Waals surface area contributed by atoms with Gasteiger partial charge in [-0.1, -0.05) is 17.7 Å². The average molecular weight is 423 g/mol. The Hall–Kier alpha value is -1.93. The summed E-state index contributed by atoms with van der Waals surface area (Å²) in [5, 5.41) is 3.36. The number of carbonyl (C=O) groups excluding carboxylic acids is 1. The molecule has 0 radical (unpaired) electrons. The van der Waals surface area contributed by atoms with Gasteiger partial charge in [0.25, 0.3) is 5.91 Å². The quantitative estimate of drug-likeness (QED) is 0.815. The highest BCUT2D eigenvalue weighted by atomic mass is 35.5. The molecule has 1 amide bonds. The van der Waals surface area contributed by atoms with Gasteiger partial charge in [0.1, 0.15) is 0 Å². The molecule has 150 valence electrons. The second kappa shape index (κ2) is 8.21. The fourth-order valence-corrected chi connectivity index (χ4v) is 4.96. The van der Waals surface area contributed by atoms with Crippen LogP contribution in [-0.2, 0) is 14.8 Å². The molecule has 1 aliphatic heterocycles. The molecule has 8 heteroatoms. The molecular formula is C20H23ClN2O4S. The summed E-state index contributed by atoms with van der Waals surface area (Å²) >= 11 is 6.08. The van der Waals surface area contributed by atoms with Crippen molar-refractivity contribution in [3.8, 4) is 0 Å². The van der Waals surface area contributed by atoms with Crippen molar-refractivity contribution >= 4 is 33.2 Å². The van der Waals surface area contributed by atoms with Gasteiger partial charge < -0.3 is 10.1 Å². The third-order valence-corrected chi connectivity index (χ3v) is 6.91.